The van der Waals surface area contributed by atoms with Gasteiger partial charge in [0.2, 0.25) is 0 Å². The average Bonchev–Trinajstić information content (AvgIpc) is 2.05. The Morgan fingerprint density at radius 2 is 1.60 bits per heavy atom. The molecule has 1 aliphatic carbocycles. The summed E-state index contributed by atoms with van der Waals surface area (Å²) in [4.78, 5) is 9.00. The van der Waals surface area contributed by atoms with Crippen molar-refractivity contribution in [3.8, 4) is 0 Å². The van der Waals surface area contributed by atoms with Crippen molar-refractivity contribution in [2.75, 3.05) is 0 Å². The minimum absolute atomic E-state index is 0. The molecule has 0 aromatic carbocycles. The van der Waals surface area contributed by atoms with Gasteiger partial charge in [0.05, 0.1) is 0 Å². The summed E-state index contributed by atoms with van der Waals surface area (Å²) in [5.74, 6) is -0.833. The van der Waals surface area contributed by atoms with Crippen LogP contribution in [0.5, 0.6) is 0 Å². The molecule has 1 fully saturated rings. The Kier molecular flexibility index (Phi) is 23.9. The average molecular weight is 442 g/mol. The van der Waals surface area contributed by atoms with Crippen LogP contribution >= 0.6 is 18.8 Å². The molecule has 0 spiro atoms. The van der Waals surface area contributed by atoms with Gasteiger partial charge >= 0.3 is 35.3 Å². The molecule has 98 valence electrons. The van der Waals surface area contributed by atoms with Gasteiger partial charge in [-0.25, -0.2) is 0 Å². The number of aliphatic carboxylic acids is 1. The SMILES string of the molecule is CC(=O)O.N.NC1CCCCC1.[Cl][Pt][Cl]. The topological polar surface area (TPSA) is 98.3 Å². The van der Waals surface area contributed by atoms with Crippen molar-refractivity contribution in [1.29, 1.82) is 0 Å². The third-order valence-corrected chi connectivity index (χ3v) is 1.65. The predicted octanol–water partition coefficient (Wildman–Crippen LogP) is 2.91. The molecule has 0 heterocycles. The summed E-state index contributed by atoms with van der Waals surface area (Å²) >= 11 is -0.472. The van der Waals surface area contributed by atoms with E-state index in [9.17, 15) is 0 Å². The van der Waals surface area contributed by atoms with Crippen molar-refractivity contribution in [2.24, 2.45) is 5.73 Å². The van der Waals surface area contributed by atoms with E-state index in [2.05, 4.69) is 0 Å². The van der Waals surface area contributed by atoms with E-state index >= 15 is 0 Å². The monoisotopic (exact) mass is 441 g/mol. The number of nitrogens with two attached hydrogens (primary N) is 1. The van der Waals surface area contributed by atoms with E-state index in [-0.39, 0.29) is 6.15 Å². The van der Waals surface area contributed by atoms with Crippen molar-refractivity contribution in [3.05, 3.63) is 0 Å². The van der Waals surface area contributed by atoms with Crippen LogP contribution < -0.4 is 11.9 Å². The molecular formula is C8H20Cl2N2O2Pt. The van der Waals surface area contributed by atoms with Gasteiger partial charge in [0, 0.05) is 13.0 Å². The molecule has 7 heteroatoms. The van der Waals surface area contributed by atoms with E-state index in [1.54, 1.807) is 0 Å². The van der Waals surface area contributed by atoms with Crippen LogP contribution in [0.3, 0.4) is 0 Å². The Morgan fingerprint density at radius 3 is 1.73 bits per heavy atom. The van der Waals surface area contributed by atoms with E-state index in [0.717, 1.165) is 6.92 Å². The number of carboxylic acid groups (broad SMARTS) is 1. The first-order chi connectivity index (χ1) is 6.54. The van der Waals surface area contributed by atoms with Gasteiger partial charge < -0.3 is 17.0 Å². The minimum atomic E-state index is -0.833. The van der Waals surface area contributed by atoms with Crippen LogP contribution in [0, 0.1) is 0 Å². The summed E-state index contributed by atoms with van der Waals surface area (Å²) in [6, 6.07) is 0.536. The molecule has 0 radical (unpaired) electrons. The molecule has 1 rings (SSSR count). The molecule has 0 saturated heterocycles. The van der Waals surface area contributed by atoms with Crippen LogP contribution in [0.4, 0.5) is 0 Å². The Morgan fingerprint density at radius 1 is 1.33 bits per heavy atom. The van der Waals surface area contributed by atoms with Crippen LogP contribution in [-0.2, 0) is 21.3 Å². The fourth-order valence-corrected chi connectivity index (χ4v) is 1.13. The van der Waals surface area contributed by atoms with Gasteiger partial charge in [0.25, 0.3) is 5.97 Å². The van der Waals surface area contributed by atoms with Crippen molar-refractivity contribution < 1.29 is 26.4 Å². The first-order valence-electron chi connectivity index (χ1n) is 4.32. The summed E-state index contributed by atoms with van der Waals surface area (Å²) in [5.41, 5.74) is 5.63. The van der Waals surface area contributed by atoms with Crippen molar-refractivity contribution in [3.63, 3.8) is 0 Å². The molecule has 0 aromatic heterocycles. The molecule has 4 nitrogen and oxygen atoms in total. The van der Waals surface area contributed by atoms with Gasteiger partial charge in [-0.1, -0.05) is 19.3 Å². The fraction of sp³-hybridized carbons (Fsp3) is 0.875. The zero-order valence-electron chi connectivity index (χ0n) is 8.82. The van der Waals surface area contributed by atoms with Crippen LogP contribution in [-0.4, -0.2) is 17.1 Å². The van der Waals surface area contributed by atoms with Gasteiger partial charge in [-0.15, -0.1) is 0 Å². The van der Waals surface area contributed by atoms with E-state index in [4.69, 9.17) is 34.5 Å². The van der Waals surface area contributed by atoms with Crippen molar-refractivity contribution in [1.82, 2.24) is 6.15 Å². The second-order valence-electron chi connectivity index (χ2n) is 2.96. The number of hydrogen-bond donors (Lipinski definition) is 3. The second kappa shape index (κ2) is 17.1. The summed E-state index contributed by atoms with van der Waals surface area (Å²) in [7, 11) is 9.75. The summed E-state index contributed by atoms with van der Waals surface area (Å²) in [5, 5.41) is 7.42. The summed E-state index contributed by atoms with van der Waals surface area (Å²) in [6.07, 6.45) is 6.66. The maximum absolute atomic E-state index is 9.00. The second-order valence-corrected chi connectivity index (χ2v) is 6.25. The number of rotatable bonds is 0. The molecule has 1 saturated carbocycles. The first kappa shape index (κ1) is 21.0. The Balaban J connectivity index is -0.000000158. The Hall–Kier alpha value is 0.658. The zero-order valence-corrected chi connectivity index (χ0v) is 12.6. The van der Waals surface area contributed by atoms with Crippen LogP contribution in [0.1, 0.15) is 39.0 Å². The van der Waals surface area contributed by atoms with Crippen LogP contribution in [0.15, 0.2) is 0 Å². The molecule has 1 aliphatic rings. The fourth-order valence-electron chi connectivity index (χ4n) is 1.13. The number of carbonyl (C=O) groups is 1. The van der Waals surface area contributed by atoms with Gasteiger partial charge in [-0.2, -0.15) is 0 Å². The molecule has 0 unspecified atom stereocenters. The predicted molar refractivity (Wildman–Crippen MR) is 61.1 cm³/mol. The van der Waals surface area contributed by atoms with Gasteiger partial charge in [-0.05, 0) is 12.8 Å². The molecule has 0 aromatic rings. The Bertz CT molecular complexity index is 132. The molecule has 0 amide bonds. The van der Waals surface area contributed by atoms with Gasteiger partial charge in [-0.3, -0.25) is 4.79 Å². The van der Waals surface area contributed by atoms with E-state index in [0.29, 0.717) is 6.04 Å². The van der Waals surface area contributed by atoms with Crippen LogP contribution in [0.25, 0.3) is 0 Å². The van der Waals surface area contributed by atoms with E-state index < -0.39 is 22.5 Å². The molecule has 0 aliphatic heterocycles. The number of hydrogen-bond acceptors (Lipinski definition) is 3. The molecule has 0 bridgehead atoms. The van der Waals surface area contributed by atoms with Crippen molar-refractivity contribution in [2.45, 2.75) is 45.1 Å². The number of carboxylic acids is 1. The maximum atomic E-state index is 9.00. The summed E-state index contributed by atoms with van der Waals surface area (Å²) in [6.45, 7) is 1.08. The summed E-state index contributed by atoms with van der Waals surface area (Å²) < 4.78 is 0. The third-order valence-electron chi connectivity index (χ3n) is 1.65. The molecule has 6 N–H and O–H groups in total. The normalized spacial score (nSPS) is 14.9. The molecule has 15 heavy (non-hydrogen) atoms. The van der Waals surface area contributed by atoms with Gasteiger partial charge in [0.15, 0.2) is 0 Å². The van der Waals surface area contributed by atoms with E-state index in [1.165, 1.54) is 32.1 Å². The molecular weight excluding hydrogens is 422 g/mol. The Labute approximate surface area is 108 Å². The van der Waals surface area contributed by atoms with Crippen LogP contribution in [0.2, 0.25) is 0 Å². The zero-order chi connectivity index (χ0) is 11.4. The standard InChI is InChI=1S/C6H13N.C2H4O2.2ClH.H3N.Pt/c7-6-4-2-1-3-5-6;1-2(3)4;;;;/h6H,1-5,7H2;1H3,(H,3,4);2*1H;1H3;/q;;;;;+2/p-2. The first-order valence-corrected chi connectivity index (χ1v) is 9.95. The third kappa shape index (κ3) is 31.3. The quantitative estimate of drug-likeness (QED) is 0.538. The molecule has 0 atom stereocenters. The van der Waals surface area contributed by atoms with Gasteiger partial charge in [0.1, 0.15) is 0 Å². The number of halogens is 2. The van der Waals surface area contributed by atoms with E-state index in [1.807, 2.05) is 0 Å². The van der Waals surface area contributed by atoms with Crippen molar-refractivity contribution >= 4 is 24.8 Å².